The minimum absolute atomic E-state index is 0.230. The highest BCUT2D eigenvalue weighted by atomic mass is 16.5. The number of rotatable bonds is 3. The smallest absolute Gasteiger partial charge is 0.306 e. The molecule has 1 aromatic heterocycles. The second-order valence-electron chi connectivity index (χ2n) is 4.42. The first kappa shape index (κ1) is 12.6. The van der Waals surface area contributed by atoms with Gasteiger partial charge in [0.25, 0.3) is 0 Å². The summed E-state index contributed by atoms with van der Waals surface area (Å²) < 4.78 is 5.11. The number of carboxylic acid groups (broad SMARTS) is 1. The number of anilines is 1. The molecule has 0 aromatic carbocycles. The number of methoxy groups -OCH3 is 1. The maximum Gasteiger partial charge on any atom is 0.306 e. The SMILES string of the molecule is COc1cc(N2CCC(C(=O)O)CC2)nc(C)n1. The van der Waals surface area contributed by atoms with Crippen LogP contribution < -0.4 is 9.64 Å². The molecule has 0 saturated carbocycles. The average molecular weight is 251 g/mol. The van der Waals surface area contributed by atoms with Gasteiger partial charge in [0.1, 0.15) is 11.6 Å². The highest BCUT2D eigenvalue weighted by Gasteiger charge is 2.25. The lowest BCUT2D eigenvalue weighted by Gasteiger charge is -2.31. The number of aliphatic carboxylic acids is 1. The van der Waals surface area contributed by atoms with E-state index in [1.807, 2.05) is 6.92 Å². The van der Waals surface area contributed by atoms with Gasteiger partial charge in [0.05, 0.1) is 13.0 Å². The minimum Gasteiger partial charge on any atom is -0.481 e. The maximum absolute atomic E-state index is 10.9. The molecule has 0 unspecified atom stereocenters. The quantitative estimate of drug-likeness (QED) is 0.866. The Kier molecular flexibility index (Phi) is 3.64. The number of carbonyl (C=O) groups is 1. The van der Waals surface area contributed by atoms with Crippen molar-refractivity contribution in [3.8, 4) is 5.88 Å². The molecule has 98 valence electrons. The summed E-state index contributed by atoms with van der Waals surface area (Å²) in [7, 11) is 1.57. The first-order chi connectivity index (χ1) is 8.60. The summed E-state index contributed by atoms with van der Waals surface area (Å²) in [5, 5.41) is 8.96. The normalized spacial score (nSPS) is 16.7. The van der Waals surface area contributed by atoms with Crippen molar-refractivity contribution in [2.24, 2.45) is 5.92 Å². The molecule has 1 saturated heterocycles. The lowest BCUT2D eigenvalue weighted by atomic mass is 9.97. The standard InChI is InChI=1S/C12H17N3O3/c1-8-13-10(7-11(14-8)18-2)15-5-3-9(4-6-15)12(16)17/h7,9H,3-6H2,1-2H3,(H,16,17). The Balaban J connectivity index is 2.09. The van der Waals surface area contributed by atoms with Gasteiger partial charge in [0, 0.05) is 19.2 Å². The van der Waals surface area contributed by atoms with Gasteiger partial charge in [-0.05, 0) is 19.8 Å². The summed E-state index contributed by atoms with van der Waals surface area (Å²) >= 11 is 0. The van der Waals surface area contributed by atoms with Crippen LogP contribution >= 0.6 is 0 Å². The van der Waals surface area contributed by atoms with E-state index >= 15 is 0 Å². The van der Waals surface area contributed by atoms with E-state index in [9.17, 15) is 4.79 Å². The molecule has 0 aliphatic carbocycles. The molecule has 0 bridgehead atoms. The lowest BCUT2D eigenvalue weighted by Crippen LogP contribution is -2.36. The molecule has 1 fully saturated rings. The van der Waals surface area contributed by atoms with Crippen LogP contribution in [0.4, 0.5) is 5.82 Å². The molecule has 6 nitrogen and oxygen atoms in total. The Bertz CT molecular complexity index is 442. The third-order valence-corrected chi connectivity index (χ3v) is 3.18. The highest BCUT2D eigenvalue weighted by Crippen LogP contribution is 2.24. The molecule has 18 heavy (non-hydrogen) atoms. The Morgan fingerprint density at radius 3 is 2.67 bits per heavy atom. The Morgan fingerprint density at radius 1 is 1.44 bits per heavy atom. The molecule has 0 atom stereocenters. The van der Waals surface area contributed by atoms with Crippen molar-refractivity contribution in [3.63, 3.8) is 0 Å². The van der Waals surface area contributed by atoms with Gasteiger partial charge in [0.15, 0.2) is 0 Å². The maximum atomic E-state index is 10.9. The van der Waals surface area contributed by atoms with Crippen molar-refractivity contribution >= 4 is 11.8 Å². The van der Waals surface area contributed by atoms with Gasteiger partial charge >= 0.3 is 5.97 Å². The molecule has 0 amide bonds. The van der Waals surface area contributed by atoms with Gasteiger partial charge in [-0.2, -0.15) is 4.98 Å². The van der Waals surface area contributed by atoms with Crippen LogP contribution in [0, 0.1) is 12.8 Å². The van der Waals surface area contributed by atoms with E-state index in [-0.39, 0.29) is 5.92 Å². The highest BCUT2D eigenvalue weighted by molar-refractivity contribution is 5.70. The van der Waals surface area contributed by atoms with Gasteiger partial charge in [-0.3, -0.25) is 4.79 Å². The van der Waals surface area contributed by atoms with E-state index < -0.39 is 5.97 Å². The topological polar surface area (TPSA) is 75.5 Å². The van der Waals surface area contributed by atoms with Crippen LogP contribution in [0.3, 0.4) is 0 Å². The Morgan fingerprint density at radius 2 is 2.11 bits per heavy atom. The van der Waals surface area contributed by atoms with Gasteiger partial charge in [-0.1, -0.05) is 0 Å². The van der Waals surface area contributed by atoms with Crippen molar-refractivity contribution in [2.75, 3.05) is 25.1 Å². The largest absolute Gasteiger partial charge is 0.481 e. The minimum atomic E-state index is -0.703. The van der Waals surface area contributed by atoms with Crippen molar-refractivity contribution < 1.29 is 14.6 Å². The molecule has 6 heteroatoms. The molecular formula is C12H17N3O3. The number of aryl methyl sites for hydroxylation is 1. The molecule has 1 aliphatic heterocycles. The summed E-state index contributed by atoms with van der Waals surface area (Å²) in [6.45, 7) is 3.23. The number of carboxylic acids is 1. The van der Waals surface area contributed by atoms with Crippen molar-refractivity contribution in [1.29, 1.82) is 0 Å². The summed E-state index contributed by atoms with van der Waals surface area (Å²) in [5.41, 5.74) is 0. The Labute approximate surface area is 106 Å². The predicted octanol–water partition coefficient (Wildman–Crippen LogP) is 1.09. The van der Waals surface area contributed by atoms with Gasteiger partial charge in [0.2, 0.25) is 5.88 Å². The molecule has 2 rings (SSSR count). The molecule has 0 spiro atoms. The average Bonchev–Trinajstić information content (AvgIpc) is 2.38. The first-order valence-electron chi connectivity index (χ1n) is 5.97. The first-order valence-corrected chi connectivity index (χ1v) is 5.97. The molecule has 0 radical (unpaired) electrons. The van der Waals surface area contributed by atoms with E-state index in [1.54, 1.807) is 13.2 Å². The number of aromatic nitrogens is 2. The van der Waals surface area contributed by atoms with Crippen LogP contribution in [-0.4, -0.2) is 41.2 Å². The van der Waals surface area contributed by atoms with Crippen LogP contribution in [-0.2, 0) is 4.79 Å². The number of piperidine rings is 1. The van der Waals surface area contributed by atoms with E-state index in [2.05, 4.69) is 14.9 Å². The zero-order chi connectivity index (χ0) is 13.1. The summed E-state index contributed by atoms with van der Waals surface area (Å²) in [6, 6.07) is 1.79. The molecule has 1 N–H and O–H groups in total. The fourth-order valence-corrected chi connectivity index (χ4v) is 2.15. The van der Waals surface area contributed by atoms with Crippen LogP contribution in [0.1, 0.15) is 18.7 Å². The summed E-state index contributed by atoms with van der Waals surface area (Å²) in [5.74, 6) is 1.07. The monoisotopic (exact) mass is 251 g/mol. The number of hydrogen-bond acceptors (Lipinski definition) is 5. The summed E-state index contributed by atoms with van der Waals surface area (Å²) in [6.07, 6.45) is 1.31. The van der Waals surface area contributed by atoms with Crippen LogP contribution in [0.5, 0.6) is 5.88 Å². The molecule has 2 heterocycles. The van der Waals surface area contributed by atoms with Crippen LogP contribution in [0.25, 0.3) is 0 Å². The van der Waals surface area contributed by atoms with E-state index in [4.69, 9.17) is 9.84 Å². The zero-order valence-electron chi connectivity index (χ0n) is 10.6. The number of ether oxygens (including phenoxy) is 1. The molecular weight excluding hydrogens is 234 g/mol. The van der Waals surface area contributed by atoms with Gasteiger partial charge in [-0.15, -0.1) is 0 Å². The Hall–Kier alpha value is -1.85. The predicted molar refractivity (Wildman–Crippen MR) is 65.9 cm³/mol. The van der Waals surface area contributed by atoms with Crippen molar-refractivity contribution in [1.82, 2.24) is 9.97 Å². The second kappa shape index (κ2) is 5.20. The fraction of sp³-hybridized carbons (Fsp3) is 0.583. The number of hydrogen-bond donors (Lipinski definition) is 1. The van der Waals surface area contributed by atoms with E-state index in [0.717, 1.165) is 5.82 Å². The van der Waals surface area contributed by atoms with Crippen molar-refractivity contribution in [2.45, 2.75) is 19.8 Å². The van der Waals surface area contributed by atoms with E-state index in [1.165, 1.54) is 0 Å². The summed E-state index contributed by atoms with van der Waals surface area (Å²) in [4.78, 5) is 21.5. The van der Waals surface area contributed by atoms with Crippen molar-refractivity contribution in [3.05, 3.63) is 11.9 Å². The second-order valence-corrected chi connectivity index (χ2v) is 4.42. The van der Waals surface area contributed by atoms with Crippen LogP contribution in [0.15, 0.2) is 6.07 Å². The van der Waals surface area contributed by atoms with Gasteiger partial charge < -0.3 is 14.7 Å². The molecule has 1 aliphatic rings. The van der Waals surface area contributed by atoms with Crippen LogP contribution in [0.2, 0.25) is 0 Å². The van der Waals surface area contributed by atoms with E-state index in [0.29, 0.717) is 37.6 Å². The third kappa shape index (κ3) is 2.69. The fourth-order valence-electron chi connectivity index (χ4n) is 2.15. The number of nitrogens with zero attached hydrogens (tertiary/aromatic N) is 3. The zero-order valence-corrected chi connectivity index (χ0v) is 10.6. The molecule has 1 aromatic rings. The third-order valence-electron chi connectivity index (χ3n) is 3.18. The lowest BCUT2D eigenvalue weighted by molar-refractivity contribution is -0.142. The van der Waals surface area contributed by atoms with Gasteiger partial charge in [-0.25, -0.2) is 4.98 Å².